The second-order valence-electron chi connectivity index (χ2n) is 5.18. The summed E-state index contributed by atoms with van der Waals surface area (Å²) in [6.07, 6.45) is 1.45. The van der Waals surface area contributed by atoms with Crippen molar-refractivity contribution in [3.63, 3.8) is 0 Å². The molecule has 1 fully saturated rings. The molecular formula is C14H22N4O2. The van der Waals surface area contributed by atoms with Gasteiger partial charge in [-0.25, -0.2) is 0 Å². The molecule has 1 aliphatic heterocycles. The van der Waals surface area contributed by atoms with Gasteiger partial charge in [0.2, 0.25) is 0 Å². The second kappa shape index (κ2) is 6.07. The van der Waals surface area contributed by atoms with Crippen molar-refractivity contribution in [2.24, 2.45) is 11.1 Å². The normalized spacial score (nSPS) is 21.4. The van der Waals surface area contributed by atoms with Crippen LogP contribution in [0.1, 0.15) is 43.4 Å². The van der Waals surface area contributed by atoms with Crippen LogP contribution in [-0.2, 0) is 13.0 Å². The molecule has 0 aromatic carbocycles. The zero-order valence-corrected chi connectivity index (χ0v) is 12.3. The molecule has 0 radical (unpaired) electrons. The second-order valence-corrected chi connectivity index (χ2v) is 5.18. The van der Waals surface area contributed by atoms with Crippen LogP contribution >= 0.6 is 0 Å². The molecule has 1 aromatic heterocycles. The highest BCUT2D eigenvalue weighted by atomic mass is 16.4. The van der Waals surface area contributed by atoms with E-state index in [0.29, 0.717) is 31.7 Å². The molecule has 2 heterocycles. The Morgan fingerprint density at radius 1 is 1.55 bits per heavy atom. The van der Waals surface area contributed by atoms with Gasteiger partial charge in [0.1, 0.15) is 5.69 Å². The maximum absolute atomic E-state index is 12.6. The molecule has 1 aromatic rings. The Morgan fingerprint density at radius 3 is 2.85 bits per heavy atom. The van der Waals surface area contributed by atoms with Gasteiger partial charge >= 0.3 is 0 Å². The molecule has 110 valence electrons. The fraction of sp³-hybridized carbons (Fsp3) is 0.643. The van der Waals surface area contributed by atoms with Gasteiger partial charge in [0, 0.05) is 32.0 Å². The van der Waals surface area contributed by atoms with Crippen LogP contribution < -0.4 is 0 Å². The zero-order valence-electron chi connectivity index (χ0n) is 12.3. The topological polar surface area (TPSA) is 70.7 Å². The average molecular weight is 278 g/mol. The summed E-state index contributed by atoms with van der Waals surface area (Å²) in [6.45, 7) is 7.87. The molecule has 6 heteroatoms. The molecular weight excluding hydrogens is 256 g/mol. The summed E-state index contributed by atoms with van der Waals surface area (Å²) < 4.78 is 1.77. The molecule has 1 N–H and O–H groups in total. The molecule has 1 atom stereocenters. The standard InChI is InChI=1S/C14H22N4O2/c1-4-11-8-13(18(5-2)15-11)14(19)17-7-6-12(16-20)10(3)9-17/h8,10,20H,4-7,9H2,1-3H3/b16-12-. The summed E-state index contributed by atoms with van der Waals surface area (Å²) in [4.78, 5) is 14.4. The van der Waals surface area contributed by atoms with Crippen LogP contribution in [0.5, 0.6) is 0 Å². The molecule has 6 nitrogen and oxygen atoms in total. The molecule has 0 bridgehead atoms. The summed E-state index contributed by atoms with van der Waals surface area (Å²) in [5.74, 6) is 0.115. The van der Waals surface area contributed by atoms with Gasteiger partial charge in [0.25, 0.3) is 5.91 Å². The molecule has 1 amide bonds. The third-order valence-corrected chi connectivity index (χ3v) is 3.83. The van der Waals surface area contributed by atoms with Crippen LogP contribution in [0, 0.1) is 5.92 Å². The Bertz CT molecular complexity index is 521. The van der Waals surface area contributed by atoms with Gasteiger partial charge in [-0.05, 0) is 19.4 Å². The van der Waals surface area contributed by atoms with Crippen LogP contribution in [0.2, 0.25) is 0 Å². The van der Waals surface area contributed by atoms with Crippen molar-refractivity contribution in [1.29, 1.82) is 0 Å². The predicted octanol–water partition coefficient (Wildman–Crippen LogP) is 1.78. The van der Waals surface area contributed by atoms with E-state index in [1.807, 2.05) is 31.7 Å². The van der Waals surface area contributed by atoms with E-state index in [1.165, 1.54) is 0 Å². The van der Waals surface area contributed by atoms with Gasteiger partial charge in [-0.3, -0.25) is 9.48 Å². The zero-order chi connectivity index (χ0) is 14.7. The average Bonchev–Trinajstić information content (AvgIpc) is 2.89. The summed E-state index contributed by atoms with van der Waals surface area (Å²) in [6, 6.07) is 1.88. The van der Waals surface area contributed by atoms with Crippen molar-refractivity contribution in [2.75, 3.05) is 13.1 Å². The van der Waals surface area contributed by atoms with Crippen LogP contribution in [0.4, 0.5) is 0 Å². The van der Waals surface area contributed by atoms with Crippen molar-refractivity contribution >= 4 is 11.6 Å². The fourth-order valence-corrected chi connectivity index (χ4v) is 2.57. The minimum atomic E-state index is 0.0166. The minimum absolute atomic E-state index is 0.0166. The van der Waals surface area contributed by atoms with E-state index in [2.05, 4.69) is 10.3 Å². The lowest BCUT2D eigenvalue weighted by molar-refractivity contribution is 0.0721. The van der Waals surface area contributed by atoms with E-state index in [0.717, 1.165) is 17.8 Å². The molecule has 0 aliphatic carbocycles. The van der Waals surface area contributed by atoms with Crippen molar-refractivity contribution in [2.45, 2.75) is 40.2 Å². The van der Waals surface area contributed by atoms with Crippen LogP contribution in [0.15, 0.2) is 11.2 Å². The molecule has 1 aliphatic rings. The number of amides is 1. The van der Waals surface area contributed by atoms with Crippen LogP contribution in [0.25, 0.3) is 0 Å². The number of aromatic nitrogens is 2. The number of aryl methyl sites for hydroxylation is 2. The van der Waals surface area contributed by atoms with Crippen molar-refractivity contribution in [3.8, 4) is 0 Å². The quantitative estimate of drug-likeness (QED) is 0.676. The molecule has 20 heavy (non-hydrogen) atoms. The summed E-state index contributed by atoms with van der Waals surface area (Å²) in [5.41, 5.74) is 2.37. The number of nitrogens with zero attached hydrogens (tertiary/aromatic N) is 4. The number of piperidine rings is 1. The molecule has 0 saturated carbocycles. The number of carbonyl (C=O) groups is 1. The highest BCUT2D eigenvalue weighted by molar-refractivity contribution is 5.95. The van der Waals surface area contributed by atoms with E-state index in [1.54, 1.807) is 4.68 Å². The Morgan fingerprint density at radius 2 is 2.30 bits per heavy atom. The fourth-order valence-electron chi connectivity index (χ4n) is 2.57. The van der Waals surface area contributed by atoms with Gasteiger partial charge in [-0.1, -0.05) is 19.0 Å². The predicted molar refractivity (Wildman–Crippen MR) is 76.2 cm³/mol. The first kappa shape index (κ1) is 14.6. The van der Waals surface area contributed by atoms with E-state index in [4.69, 9.17) is 5.21 Å². The van der Waals surface area contributed by atoms with Gasteiger partial charge in [-0.15, -0.1) is 0 Å². The van der Waals surface area contributed by atoms with Gasteiger partial charge in [0.05, 0.1) is 11.4 Å². The molecule has 1 saturated heterocycles. The number of likely N-dealkylation sites (tertiary alicyclic amines) is 1. The lowest BCUT2D eigenvalue weighted by atomic mass is 9.97. The maximum atomic E-state index is 12.6. The van der Waals surface area contributed by atoms with Gasteiger partial charge < -0.3 is 10.1 Å². The number of carbonyl (C=O) groups excluding carboxylic acids is 1. The largest absolute Gasteiger partial charge is 0.411 e. The van der Waals surface area contributed by atoms with Crippen molar-refractivity contribution in [3.05, 3.63) is 17.5 Å². The Kier molecular flexibility index (Phi) is 4.42. The van der Waals surface area contributed by atoms with E-state index < -0.39 is 0 Å². The Labute approximate surface area is 119 Å². The summed E-state index contributed by atoms with van der Waals surface area (Å²) in [7, 11) is 0. The number of oxime groups is 1. The monoisotopic (exact) mass is 278 g/mol. The van der Waals surface area contributed by atoms with E-state index in [9.17, 15) is 4.79 Å². The lowest BCUT2D eigenvalue weighted by Gasteiger charge is -2.31. The number of hydrogen-bond acceptors (Lipinski definition) is 4. The van der Waals surface area contributed by atoms with Gasteiger partial charge in [-0.2, -0.15) is 5.10 Å². The molecule has 0 spiro atoms. The third kappa shape index (κ3) is 2.69. The summed E-state index contributed by atoms with van der Waals surface area (Å²) in [5, 5.41) is 16.6. The molecule has 2 rings (SSSR count). The highest BCUT2D eigenvalue weighted by Gasteiger charge is 2.28. The first-order valence-electron chi connectivity index (χ1n) is 7.17. The molecule has 1 unspecified atom stereocenters. The number of rotatable bonds is 3. The van der Waals surface area contributed by atoms with Gasteiger partial charge in [0.15, 0.2) is 0 Å². The van der Waals surface area contributed by atoms with Crippen molar-refractivity contribution in [1.82, 2.24) is 14.7 Å². The van der Waals surface area contributed by atoms with Crippen molar-refractivity contribution < 1.29 is 10.0 Å². The SMILES string of the molecule is CCc1cc(C(=O)N2CC/C(=N/O)C(C)C2)n(CC)n1. The van der Waals surface area contributed by atoms with Crippen LogP contribution in [-0.4, -0.2) is 44.6 Å². The smallest absolute Gasteiger partial charge is 0.272 e. The Balaban J connectivity index is 2.18. The highest BCUT2D eigenvalue weighted by Crippen LogP contribution is 2.17. The van der Waals surface area contributed by atoms with Crippen LogP contribution in [0.3, 0.4) is 0 Å². The van der Waals surface area contributed by atoms with E-state index in [-0.39, 0.29) is 11.8 Å². The minimum Gasteiger partial charge on any atom is -0.411 e. The van der Waals surface area contributed by atoms with E-state index >= 15 is 0 Å². The number of hydrogen-bond donors (Lipinski definition) is 1. The summed E-state index contributed by atoms with van der Waals surface area (Å²) >= 11 is 0. The first-order valence-corrected chi connectivity index (χ1v) is 7.17. The maximum Gasteiger partial charge on any atom is 0.272 e. The third-order valence-electron chi connectivity index (χ3n) is 3.83. The lowest BCUT2D eigenvalue weighted by Crippen LogP contribution is -2.43. The Hall–Kier alpha value is -1.85. The first-order chi connectivity index (χ1) is 9.60.